The largest absolute Gasteiger partial charge is 0.508 e. The van der Waals surface area contributed by atoms with Crippen molar-refractivity contribution in [1.29, 1.82) is 0 Å². The van der Waals surface area contributed by atoms with Gasteiger partial charge in [0.2, 0.25) is 0 Å². The van der Waals surface area contributed by atoms with Crippen molar-refractivity contribution in [2.45, 2.75) is 19.8 Å². The summed E-state index contributed by atoms with van der Waals surface area (Å²) in [6.45, 7) is 1.79. The van der Waals surface area contributed by atoms with Gasteiger partial charge >= 0.3 is 0 Å². The van der Waals surface area contributed by atoms with Crippen LogP contribution in [0.25, 0.3) is 0 Å². The molecule has 0 fully saturated rings. The first-order valence-corrected chi connectivity index (χ1v) is 6.93. The molecule has 1 N–H and O–H groups in total. The molecule has 0 spiro atoms. The first-order valence-electron chi connectivity index (χ1n) is 6.13. The minimum Gasteiger partial charge on any atom is -0.508 e. The summed E-state index contributed by atoms with van der Waals surface area (Å²) in [5.74, 6) is 0.326. The van der Waals surface area contributed by atoms with Crippen molar-refractivity contribution in [3.63, 3.8) is 0 Å². The van der Waals surface area contributed by atoms with Gasteiger partial charge in [-0.25, -0.2) is 0 Å². The maximum absolute atomic E-state index is 12.1. The van der Waals surface area contributed by atoms with Gasteiger partial charge < -0.3 is 5.11 Å². The zero-order chi connectivity index (χ0) is 13.8. The van der Waals surface area contributed by atoms with E-state index >= 15 is 0 Å². The van der Waals surface area contributed by atoms with Crippen LogP contribution in [-0.2, 0) is 6.42 Å². The molecule has 3 heteroatoms. The van der Waals surface area contributed by atoms with Gasteiger partial charge in [0.25, 0.3) is 0 Å². The highest BCUT2D eigenvalue weighted by Gasteiger charge is 2.08. The molecule has 2 rings (SSSR count). The fraction of sp³-hybridized carbons (Fsp3) is 0.188. The third-order valence-electron chi connectivity index (χ3n) is 3.05. The second kappa shape index (κ2) is 6.02. The average Bonchev–Trinajstić information content (AvgIpc) is 2.39. The van der Waals surface area contributed by atoms with Crippen molar-refractivity contribution in [3.8, 4) is 5.75 Å². The number of phenols is 1. The second-order valence-corrected chi connectivity index (χ2v) is 5.47. The van der Waals surface area contributed by atoms with E-state index in [1.165, 1.54) is 0 Å². The van der Waals surface area contributed by atoms with Crippen LogP contribution < -0.4 is 0 Å². The van der Waals surface area contributed by atoms with Gasteiger partial charge in [-0.05, 0) is 54.8 Å². The zero-order valence-corrected chi connectivity index (χ0v) is 12.3. The summed E-state index contributed by atoms with van der Waals surface area (Å²) in [5, 5.41) is 9.45. The predicted octanol–water partition coefficient (Wildman–Crippen LogP) is 4.28. The Morgan fingerprint density at radius 1 is 1.21 bits per heavy atom. The maximum atomic E-state index is 12.1. The molecule has 0 radical (unpaired) electrons. The summed E-state index contributed by atoms with van der Waals surface area (Å²) in [6, 6.07) is 12.9. The monoisotopic (exact) mass is 318 g/mol. The highest BCUT2D eigenvalue weighted by atomic mass is 79.9. The van der Waals surface area contributed by atoms with Gasteiger partial charge in [-0.3, -0.25) is 4.79 Å². The van der Waals surface area contributed by atoms with E-state index in [-0.39, 0.29) is 11.5 Å². The lowest BCUT2D eigenvalue weighted by Gasteiger charge is -2.04. The molecule has 0 bridgehead atoms. The normalized spacial score (nSPS) is 10.4. The number of ketones is 1. The third-order valence-corrected chi connectivity index (χ3v) is 3.54. The Labute approximate surface area is 121 Å². The van der Waals surface area contributed by atoms with E-state index in [9.17, 15) is 9.90 Å². The van der Waals surface area contributed by atoms with E-state index in [1.807, 2.05) is 24.3 Å². The van der Waals surface area contributed by atoms with Gasteiger partial charge in [-0.15, -0.1) is 0 Å². The van der Waals surface area contributed by atoms with Crippen LogP contribution in [0.2, 0.25) is 0 Å². The van der Waals surface area contributed by atoms with Crippen LogP contribution in [0.5, 0.6) is 5.75 Å². The van der Waals surface area contributed by atoms with Crippen molar-refractivity contribution in [1.82, 2.24) is 0 Å². The van der Waals surface area contributed by atoms with Crippen LogP contribution >= 0.6 is 15.9 Å². The highest BCUT2D eigenvalue weighted by Crippen LogP contribution is 2.19. The van der Waals surface area contributed by atoms with E-state index in [0.717, 1.165) is 22.0 Å². The molecule has 0 saturated heterocycles. The Bertz CT molecular complexity index is 605. The minimum absolute atomic E-state index is 0.100. The fourth-order valence-corrected chi connectivity index (χ4v) is 2.37. The number of carbonyl (C=O) groups excluding carboxylic acids is 1. The van der Waals surface area contributed by atoms with E-state index in [0.29, 0.717) is 12.0 Å². The second-order valence-electron chi connectivity index (χ2n) is 4.55. The molecule has 0 aromatic heterocycles. The van der Waals surface area contributed by atoms with Gasteiger partial charge in [0.15, 0.2) is 5.78 Å². The van der Waals surface area contributed by atoms with Crippen LogP contribution in [0, 0.1) is 6.92 Å². The number of phenolic OH excluding ortho intramolecular Hbond substituents is 1. The number of halogens is 1. The van der Waals surface area contributed by atoms with Gasteiger partial charge in [-0.2, -0.15) is 0 Å². The molecule has 0 heterocycles. The molecular formula is C16H15BrO2. The molecule has 0 saturated carbocycles. The summed E-state index contributed by atoms with van der Waals surface area (Å²) in [6.07, 6.45) is 1.19. The number of aromatic hydroxyl groups is 1. The third kappa shape index (κ3) is 3.67. The molecule has 2 aromatic rings. The van der Waals surface area contributed by atoms with E-state index in [1.54, 1.807) is 25.1 Å². The Balaban J connectivity index is 2.03. The smallest absolute Gasteiger partial charge is 0.163 e. The molecule has 0 amide bonds. The van der Waals surface area contributed by atoms with E-state index < -0.39 is 0 Å². The maximum Gasteiger partial charge on any atom is 0.163 e. The zero-order valence-electron chi connectivity index (χ0n) is 10.7. The summed E-state index contributed by atoms with van der Waals surface area (Å²) < 4.78 is 1.03. The Morgan fingerprint density at radius 3 is 2.68 bits per heavy atom. The lowest BCUT2D eigenvalue weighted by atomic mass is 10.0. The van der Waals surface area contributed by atoms with Gasteiger partial charge in [0.05, 0.1) is 0 Å². The SMILES string of the molecule is Cc1cc(C(=O)CCc2cccc(Br)c2)ccc1O. The van der Waals surface area contributed by atoms with Gasteiger partial charge in [0.1, 0.15) is 5.75 Å². The molecule has 2 nitrogen and oxygen atoms in total. The van der Waals surface area contributed by atoms with Crippen LogP contribution in [0.4, 0.5) is 0 Å². The molecule has 0 unspecified atom stereocenters. The Morgan fingerprint density at radius 2 is 2.00 bits per heavy atom. The van der Waals surface area contributed by atoms with Crippen molar-refractivity contribution in [2.24, 2.45) is 0 Å². The van der Waals surface area contributed by atoms with Crippen molar-refractivity contribution in [3.05, 3.63) is 63.6 Å². The van der Waals surface area contributed by atoms with Crippen molar-refractivity contribution in [2.75, 3.05) is 0 Å². The van der Waals surface area contributed by atoms with Gasteiger partial charge in [-0.1, -0.05) is 28.1 Å². The first kappa shape index (κ1) is 13.8. The summed E-state index contributed by atoms with van der Waals surface area (Å²) >= 11 is 3.42. The van der Waals surface area contributed by atoms with Crippen LogP contribution in [0.1, 0.15) is 27.9 Å². The number of rotatable bonds is 4. The standard InChI is InChI=1S/C16H15BrO2/c1-11-9-13(6-8-15(11)18)16(19)7-5-12-3-2-4-14(17)10-12/h2-4,6,8-10,18H,5,7H2,1H3. The Kier molecular flexibility index (Phi) is 4.38. The number of Topliss-reactive ketones (excluding diaryl/α,β-unsaturated/α-hetero) is 1. The molecular weight excluding hydrogens is 304 g/mol. The number of hydrogen-bond donors (Lipinski definition) is 1. The van der Waals surface area contributed by atoms with E-state index in [4.69, 9.17) is 0 Å². The van der Waals surface area contributed by atoms with Gasteiger partial charge in [0, 0.05) is 16.5 Å². The molecule has 0 aliphatic carbocycles. The summed E-state index contributed by atoms with van der Waals surface area (Å²) in [4.78, 5) is 12.1. The fourth-order valence-electron chi connectivity index (χ4n) is 1.92. The van der Waals surface area contributed by atoms with E-state index in [2.05, 4.69) is 15.9 Å². The Hall–Kier alpha value is -1.61. The molecule has 0 atom stereocenters. The molecule has 98 valence electrons. The minimum atomic E-state index is 0.100. The number of hydrogen-bond acceptors (Lipinski definition) is 2. The van der Waals surface area contributed by atoms with Crippen molar-refractivity contribution >= 4 is 21.7 Å². The van der Waals surface area contributed by atoms with Crippen LogP contribution in [-0.4, -0.2) is 10.9 Å². The lowest BCUT2D eigenvalue weighted by molar-refractivity contribution is 0.0982. The topological polar surface area (TPSA) is 37.3 Å². The quantitative estimate of drug-likeness (QED) is 0.854. The number of aryl methyl sites for hydroxylation is 2. The predicted molar refractivity (Wildman–Crippen MR) is 79.6 cm³/mol. The van der Waals surface area contributed by atoms with Crippen LogP contribution in [0.15, 0.2) is 46.9 Å². The number of carbonyl (C=O) groups is 1. The molecule has 0 aliphatic rings. The molecule has 2 aromatic carbocycles. The molecule has 0 aliphatic heterocycles. The lowest BCUT2D eigenvalue weighted by Crippen LogP contribution is -2.01. The average molecular weight is 319 g/mol. The summed E-state index contributed by atoms with van der Waals surface area (Å²) in [7, 11) is 0. The first-order chi connectivity index (χ1) is 9.06. The molecule has 19 heavy (non-hydrogen) atoms. The number of benzene rings is 2. The summed E-state index contributed by atoms with van der Waals surface area (Å²) in [5.41, 5.74) is 2.52. The highest BCUT2D eigenvalue weighted by molar-refractivity contribution is 9.10. The van der Waals surface area contributed by atoms with Crippen molar-refractivity contribution < 1.29 is 9.90 Å². The van der Waals surface area contributed by atoms with Crippen LogP contribution in [0.3, 0.4) is 0 Å².